The van der Waals surface area contributed by atoms with E-state index in [9.17, 15) is 4.79 Å². The molecule has 1 atom stereocenters. The number of carboxylic acid groups (broad SMARTS) is 1. The summed E-state index contributed by atoms with van der Waals surface area (Å²) in [6.45, 7) is 2.82. The van der Waals surface area contributed by atoms with E-state index in [2.05, 4.69) is 4.98 Å². The molecule has 1 N–H and O–H groups in total. The molecule has 0 spiro atoms. The van der Waals surface area contributed by atoms with Crippen LogP contribution >= 0.6 is 11.6 Å². The van der Waals surface area contributed by atoms with Gasteiger partial charge in [0.1, 0.15) is 11.0 Å². The Bertz CT molecular complexity index is 386. The molecule has 14 heavy (non-hydrogen) atoms. The number of rotatable bonds is 1. The summed E-state index contributed by atoms with van der Waals surface area (Å²) < 4.78 is 1.80. The second kappa shape index (κ2) is 3.28. The van der Waals surface area contributed by atoms with Crippen molar-refractivity contribution in [3.63, 3.8) is 0 Å². The summed E-state index contributed by atoms with van der Waals surface area (Å²) >= 11 is 5.92. The van der Waals surface area contributed by atoms with E-state index in [0.29, 0.717) is 5.92 Å². The summed E-state index contributed by atoms with van der Waals surface area (Å²) in [5.74, 6) is 0.0529. The van der Waals surface area contributed by atoms with Crippen molar-refractivity contribution >= 4 is 17.6 Å². The van der Waals surface area contributed by atoms with Gasteiger partial charge in [-0.15, -0.1) is 0 Å². The molecule has 0 bridgehead atoms. The highest BCUT2D eigenvalue weighted by Crippen LogP contribution is 2.30. The maximum Gasteiger partial charge on any atom is 0.357 e. The first-order chi connectivity index (χ1) is 6.61. The fourth-order valence-electron chi connectivity index (χ4n) is 1.86. The standard InChI is InChI=1S/C9H11ClN2O2/c1-5-3-2-4-12-7(10)6(9(13)14)11-8(5)12/h5H,2-4H2,1H3,(H,13,14). The molecule has 1 aliphatic rings. The third kappa shape index (κ3) is 1.30. The normalized spacial score (nSPS) is 20.6. The Kier molecular flexibility index (Phi) is 2.23. The molecular formula is C9H11ClN2O2. The second-order valence-corrected chi connectivity index (χ2v) is 3.97. The molecule has 0 saturated heterocycles. The van der Waals surface area contributed by atoms with Crippen LogP contribution in [0.2, 0.25) is 5.15 Å². The molecule has 0 radical (unpaired) electrons. The largest absolute Gasteiger partial charge is 0.476 e. The number of fused-ring (bicyclic) bond motifs is 1. The van der Waals surface area contributed by atoms with Crippen molar-refractivity contribution in [1.29, 1.82) is 0 Å². The lowest BCUT2D eigenvalue weighted by molar-refractivity contribution is 0.0691. The van der Waals surface area contributed by atoms with Crippen LogP contribution in [0.5, 0.6) is 0 Å². The predicted octanol–water partition coefficient (Wildman–Crippen LogP) is 2.13. The maximum absolute atomic E-state index is 10.8. The van der Waals surface area contributed by atoms with Gasteiger partial charge in [-0.3, -0.25) is 0 Å². The molecule has 1 aromatic rings. The monoisotopic (exact) mass is 214 g/mol. The molecule has 0 fully saturated rings. The number of imidazole rings is 1. The maximum atomic E-state index is 10.8. The predicted molar refractivity (Wildman–Crippen MR) is 51.8 cm³/mol. The Morgan fingerprint density at radius 2 is 2.43 bits per heavy atom. The number of nitrogens with zero attached hydrogens (tertiary/aromatic N) is 2. The molecule has 76 valence electrons. The van der Waals surface area contributed by atoms with Gasteiger partial charge in [0.2, 0.25) is 0 Å². The van der Waals surface area contributed by atoms with Gasteiger partial charge in [-0.25, -0.2) is 9.78 Å². The summed E-state index contributed by atoms with van der Waals surface area (Å²) in [7, 11) is 0. The molecule has 4 nitrogen and oxygen atoms in total. The quantitative estimate of drug-likeness (QED) is 0.779. The van der Waals surface area contributed by atoms with E-state index in [4.69, 9.17) is 16.7 Å². The van der Waals surface area contributed by atoms with Gasteiger partial charge in [-0.1, -0.05) is 18.5 Å². The number of aromatic carboxylic acids is 1. The van der Waals surface area contributed by atoms with Crippen LogP contribution in [0.15, 0.2) is 0 Å². The lowest BCUT2D eigenvalue weighted by Crippen LogP contribution is -2.13. The van der Waals surface area contributed by atoms with Crippen molar-refractivity contribution in [2.75, 3.05) is 0 Å². The lowest BCUT2D eigenvalue weighted by atomic mass is 10.0. The molecule has 5 heteroatoms. The van der Waals surface area contributed by atoms with Gasteiger partial charge in [-0.2, -0.15) is 0 Å². The van der Waals surface area contributed by atoms with Crippen LogP contribution in [-0.4, -0.2) is 20.6 Å². The van der Waals surface area contributed by atoms with Crippen molar-refractivity contribution in [2.45, 2.75) is 32.2 Å². The van der Waals surface area contributed by atoms with Crippen LogP contribution < -0.4 is 0 Å². The summed E-state index contributed by atoms with van der Waals surface area (Å²) in [6, 6.07) is 0. The first-order valence-electron chi connectivity index (χ1n) is 4.60. The van der Waals surface area contributed by atoms with Crippen LogP contribution in [0.4, 0.5) is 0 Å². The number of hydrogen-bond acceptors (Lipinski definition) is 2. The topological polar surface area (TPSA) is 55.1 Å². The van der Waals surface area contributed by atoms with Crippen molar-refractivity contribution in [1.82, 2.24) is 9.55 Å². The Balaban J connectivity index is 2.54. The number of halogens is 1. The fraction of sp³-hybridized carbons (Fsp3) is 0.556. The first-order valence-corrected chi connectivity index (χ1v) is 4.98. The van der Waals surface area contributed by atoms with Crippen LogP contribution in [0.25, 0.3) is 0 Å². The highest BCUT2D eigenvalue weighted by atomic mass is 35.5. The van der Waals surface area contributed by atoms with E-state index in [0.717, 1.165) is 25.2 Å². The van der Waals surface area contributed by atoms with E-state index < -0.39 is 5.97 Å². The zero-order chi connectivity index (χ0) is 10.3. The minimum atomic E-state index is -1.05. The zero-order valence-corrected chi connectivity index (χ0v) is 8.58. The molecular weight excluding hydrogens is 204 g/mol. The second-order valence-electron chi connectivity index (χ2n) is 3.61. The lowest BCUT2D eigenvalue weighted by Gasteiger charge is -2.19. The van der Waals surface area contributed by atoms with Crippen LogP contribution in [0, 0.1) is 0 Å². The molecule has 0 aliphatic carbocycles. The minimum absolute atomic E-state index is 0.0181. The van der Waals surface area contributed by atoms with E-state index in [1.165, 1.54) is 0 Å². The number of aromatic nitrogens is 2. The van der Waals surface area contributed by atoms with Crippen LogP contribution in [-0.2, 0) is 6.54 Å². The average Bonchev–Trinajstić information content (AvgIpc) is 2.46. The highest BCUT2D eigenvalue weighted by Gasteiger charge is 2.26. The van der Waals surface area contributed by atoms with Gasteiger partial charge in [-0.05, 0) is 12.8 Å². The van der Waals surface area contributed by atoms with Crippen LogP contribution in [0.3, 0.4) is 0 Å². The molecule has 1 aliphatic heterocycles. The Hall–Kier alpha value is -1.03. The van der Waals surface area contributed by atoms with Crippen molar-refractivity contribution < 1.29 is 9.90 Å². The summed E-state index contributed by atoms with van der Waals surface area (Å²) in [4.78, 5) is 14.8. The van der Waals surface area contributed by atoms with E-state index in [1.54, 1.807) is 4.57 Å². The zero-order valence-electron chi connectivity index (χ0n) is 7.83. The smallest absolute Gasteiger partial charge is 0.357 e. The first kappa shape index (κ1) is 9.52. The van der Waals surface area contributed by atoms with E-state index in [-0.39, 0.29) is 10.8 Å². The Labute approximate surface area is 86.5 Å². The third-order valence-corrected chi connectivity index (χ3v) is 2.98. The average molecular weight is 215 g/mol. The summed E-state index contributed by atoms with van der Waals surface area (Å²) in [5.41, 5.74) is -0.0181. The minimum Gasteiger partial charge on any atom is -0.476 e. The highest BCUT2D eigenvalue weighted by molar-refractivity contribution is 6.32. The molecule has 0 amide bonds. The van der Waals surface area contributed by atoms with Gasteiger partial charge in [0.05, 0.1) is 0 Å². The molecule has 0 saturated carbocycles. The SMILES string of the molecule is CC1CCCn2c1nc(C(=O)O)c2Cl. The number of carboxylic acids is 1. The third-order valence-electron chi connectivity index (χ3n) is 2.60. The van der Waals surface area contributed by atoms with Crippen molar-refractivity contribution in [3.05, 3.63) is 16.7 Å². The van der Waals surface area contributed by atoms with Crippen LogP contribution in [0.1, 0.15) is 42.0 Å². The molecule has 1 unspecified atom stereocenters. The van der Waals surface area contributed by atoms with Crippen molar-refractivity contribution in [2.24, 2.45) is 0 Å². The number of hydrogen-bond donors (Lipinski definition) is 1. The molecule has 2 heterocycles. The van der Waals surface area contributed by atoms with E-state index >= 15 is 0 Å². The molecule has 1 aromatic heterocycles. The van der Waals surface area contributed by atoms with Gasteiger partial charge < -0.3 is 9.67 Å². The molecule has 0 aromatic carbocycles. The van der Waals surface area contributed by atoms with Gasteiger partial charge in [0.15, 0.2) is 5.69 Å². The Morgan fingerprint density at radius 1 is 1.71 bits per heavy atom. The number of carbonyl (C=O) groups is 1. The van der Waals surface area contributed by atoms with Gasteiger partial charge in [0.25, 0.3) is 0 Å². The summed E-state index contributed by atoms with van der Waals surface area (Å²) in [5, 5.41) is 9.10. The van der Waals surface area contributed by atoms with E-state index in [1.807, 2.05) is 6.92 Å². The van der Waals surface area contributed by atoms with Gasteiger partial charge >= 0.3 is 5.97 Å². The summed E-state index contributed by atoms with van der Waals surface area (Å²) in [6.07, 6.45) is 2.08. The van der Waals surface area contributed by atoms with Gasteiger partial charge in [0, 0.05) is 12.5 Å². The van der Waals surface area contributed by atoms with Crippen molar-refractivity contribution in [3.8, 4) is 0 Å². The Morgan fingerprint density at radius 3 is 3.00 bits per heavy atom. The molecule has 2 rings (SSSR count). The fourth-order valence-corrected chi connectivity index (χ4v) is 2.15.